The predicted octanol–water partition coefficient (Wildman–Crippen LogP) is 1.67. The number of hydrogen-bond acceptors (Lipinski definition) is 6. The Hall–Kier alpha value is -2.07. The Morgan fingerprint density at radius 2 is 2.15 bits per heavy atom. The number of hydrogen-bond donors (Lipinski definition) is 1. The molecule has 1 N–H and O–H groups in total. The fourth-order valence-corrected chi connectivity index (χ4v) is 5.46. The van der Waals surface area contributed by atoms with Gasteiger partial charge in [-0.3, -0.25) is 13.7 Å². The maximum Gasteiger partial charge on any atom is 0.343 e. The van der Waals surface area contributed by atoms with Crippen LogP contribution in [0.2, 0.25) is 0 Å². The Kier molecular flexibility index (Phi) is 5.48. The van der Waals surface area contributed by atoms with Crippen molar-refractivity contribution in [3.63, 3.8) is 0 Å². The van der Waals surface area contributed by atoms with Gasteiger partial charge < -0.3 is 0 Å². The van der Waals surface area contributed by atoms with Gasteiger partial charge >= 0.3 is 5.69 Å². The predicted molar refractivity (Wildman–Crippen MR) is 105 cm³/mol. The number of carbonyl (C=O) groups is 1. The van der Waals surface area contributed by atoms with E-state index >= 15 is 0 Å². The number of benzene rings is 1. The van der Waals surface area contributed by atoms with Gasteiger partial charge in [0.25, 0.3) is 0 Å². The first-order chi connectivity index (χ1) is 12.7. The Morgan fingerprint density at radius 1 is 1.41 bits per heavy atom. The molecule has 0 amide bonds. The lowest BCUT2D eigenvalue weighted by atomic mass is 10.0. The number of H-pyrrole nitrogens is 1. The number of ketones is 1. The van der Waals surface area contributed by atoms with Crippen LogP contribution in [0.5, 0.6) is 0 Å². The molecule has 10 heteroatoms. The average Bonchev–Trinajstić information content (AvgIpc) is 3.11. The Bertz CT molecular complexity index is 1030. The van der Waals surface area contributed by atoms with E-state index in [0.29, 0.717) is 29.4 Å². The number of thioether (sulfide) groups is 1. The number of aromatic amines is 1. The quantitative estimate of drug-likeness (QED) is 0.550. The summed E-state index contributed by atoms with van der Waals surface area (Å²) in [5.74, 6) is 0.0600. The molecule has 0 spiro atoms. The fourth-order valence-electron chi connectivity index (χ4n) is 3.33. The van der Waals surface area contributed by atoms with Gasteiger partial charge in [-0.05, 0) is 43.5 Å². The van der Waals surface area contributed by atoms with E-state index in [4.69, 9.17) is 0 Å². The summed E-state index contributed by atoms with van der Waals surface area (Å²) in [7, 11) is -3.35. The third kappa shape index (κ3) is 3.96. The summed E-state index contributed by atoms with van der Waals surface area (Å²) in [4.78, 5) is 24.3. The largest absolute Gasteiger partial charge is 0.343 e. The molecule has 3 rings (SSSR count). The summed E-state index contributed by atoms with van der Waals surface area (Å²) < 4.78 is 26.9. The van der Waals surface area contributed by atoms with Crippen molar-refractivity contribution in [2.24, 2.45) is 0 Å². The Labute approximate surface area is 162 Å². The number of carbonyl (C=O) groups excluding carboxylic acids is 1. The zero-order valence-corrected chi connectivity index (χ0v) is 17.1. The number of sulfonamides is 1. The highest BCUT2D eigenvalue weighted by atomic mass is 32.2. The highest BCUT2D eigenvalue weighted by Gasteiger charge is 2.32. The number of anilines is 1. The van der Waals surface area contributed by atoms with Crippen LogP contribution < -0.4 is 9.99 Å². The SMILES string of the molecule is CCCn1c(SCC(=O)c2ccc3c(c2)C[C@H](C)N3S(C)(=O)=O)n[nH]c1=O. The van der Waals surface area contributed by atoms with Gasteiger partial charge in [0.15, 0.2) is 10.9 Å². The standard InChI is InChI=1S/C17H22N4O4S2/c1-4-7-20-16(23)18-19-17(20)26-10-15(22)12-5-6-14-13(9-12)8-11(2)21(14)27(3,24)25/h5-6,9,11H,4,7-8,10H2,1-3H3,(H,18,23)/t11-/m0/s1. The molecule has 2 aromatic rings. The Morgan fingerprint density at radius 3 is 2.81 bits per heavy atom. The van der Waals surface area contributed by atoms with Crippen molar-refractivity contribution >= 4 is 33.3 Å². The summed E-state index contributed by atoms with van der Waals surface area (Å²) >= 11 is 1.21. The molecule has 8 nitrogen and oxygen atoms in total. The number of rotatable bonds is 7. The second-order valence-corrected chi connectivity index (χ2v) is 9.43. The lowest BCUT2D eigenvalue weighted by molar-refractivity contribution is 0.102. The molecular formula is C17H22N4O4S2. The van der Waals surface area contributed by atoms with Gasteiger partial charge in [-0.2, -0.15) is 0 Å². The minimum absolute atomic E-state index is 0.0910. The highest BCUT2D eigenvalue weighted by Crippen LogP contribution is 2.35. The number of fused-ring (bicyclic) bond motifs is 1. The van der Waals surface area contributed by atoms with Crippen molar-refractivity contribution < 1.29 is 13.2 Å². The van der Waals surface area contributed by atoms with Crippen LogP contribution in [0.15, 0.2) is 28.2 Å². The Balaban J connectivity index is 1.76. The second-order valence-electron chi connectivity index (χ2n) is 6.63. The molecular weight excluding hydrogens is 388 g/mol. The van der Waals surface area contributed by atoms with Gasteiger partial charge in [0.2, 0.25) is 10.0 Å². The van der Waals surface area contributed by atoms with Crippen molar-refractivity contribution in [3.8, 4) is 0 Å². The summed E-state index contributed by atoms with van der Waals surface area (Å²) in [6, 6.07) is 4.95. The summed E-state index contributed by atoms with van der Waals surface area (Å²) in [5.41, 5.74) is 1.74. The molecule has 1 aromatic heterocycles. The molecule has 0 unspecified atom stereocenters. The van der Waals surface area contributed by atoms with Crippen molar-refractivity contribution in [1.82, 2.24) is 14.8 Å². The fraction of sp³-hybridized carbons (Fsp3) is 0.471. The first kappa shape index (κ1) is 19.7. The minimum atomic E-state index is -3.35. The van der Waals surface area contributed by atoms with Crippen LogP contribution >= 0.6 is 11.8 Å². The van der Waals surface area contributed by atoms with Crippen LogP contribution in [0.1, 0.15) is 36.2 Å². The number of nitrogens with one attached hydrogen (secondary N) is 1. The van der Waals surface area contributed by atoms with Crippen LogP contribution in [0.25, 0.3) is 0 Å². The van der Waals surface area contributed by atoms with Gasteiger partial charge in [0.1, 0.15) is 0 Å². The van der Waals surface area contributed by atoms with E-state index in [2.05, 4.69) is 10.2 Å². The normalized spacial score (nSPS) is 16.6. The summed E-state index contributed by atoms with van der Waals surface area (Å²) in [5, 5.41) is 6.87. The maximum absolute atomic E-state index is 12.6. The molecule has 27 heavy (non-hydrogen) atoms. The molecule has 1 atom stereocenters. The lowest BCUT2D eigenvalue weighted by Crippen LogP contribution is -2.34. The van der Waals surface area contributed by atoms with Crippen LogP contribution in [0.3, 0.4) is 0 Å². The van der Waals surface area contributed by atoms with Crippen LogP contribution in [0, 0.1) is 0 Å². The highest BCUT2D eigenvalue weighted by molar-refractivity contribution is 7.99. The number of nitrogens with zero attached hydrogens (tertiary/aromatic N) is 3. The van der Waals surface area contributed by atoms with E-state index in [9.17, 15) is 18.0 Å². The van der Waals surface area contributed by atoms with Gasteiger partial charge in [-0.25, -0.2) is 18.3 Å². The molecule has 2 heterocycles. The lowest BCUT2D eigenvalue weighted by Gasteiger charge is -2.21. The van der Waals surface area contributed by atoms with Crippen molar-refractivity contribution in [1.29, 1.82) is 0 Å². The third-order valence-electron chi connectivity index (χ3n) is 4.41. The topological polar surface area (TPSA) is 105 Å². The van der Waals surface area contributed by atoms with Crippen molar-refractivity contribution in [2.45, 2.75) is 44.4 Å². The molecule has 0 bridgehead atoms. The minimum Gasteiger partial charge on any atom is -0.293 e. The zero-order chi connectivity index (χ0) is 19.8. The van der Waals surface area contributed by atoms with E-state index in [-0.39, 0.29) is 23.3 Å². The second kappa shape index (κ2) is 7.51. The van der Waals surface area contributed by atoms with Crippen molar-refractivity contribution in [2.75, 3.05) is 16.3 Å². The van der Waals surface area contributed by atoms with Crippen LogP contribution in [-0.2, 0) is 23.0 Å². The summed E-state index contributed by atoms with van der Waals surface area (Å²) in [6.07, 6.45) is 2.56. The van der Waals surface area contributed by atoms with E-state index in [0.717, 1.165) is 12.0 Å². The smallest absolute Gasteiger partial charge is 0.293 e. The molecule has 0 radical (unpaired) electrons. The number of aromatic nitrogens is 3. The first-order valence-electron chi connectivity index (χ1n) is 8.66. The number of Topliss-reactive ketones (excluding diaryl/α,β-unsaturated/α-hetero) is 1. The molecule has 0 fully saturated rings. The zero-order valence-electron chi connectivity index (χ0n) is 15.4. The molecule has 0 saturated heterocycles. The van der Waals surface area contributed by atoms with E-state index in [1.165, 1.54) is 26.9 Å². The average molecular weight is 411 g/mol. The van der Waals surface area contributed by atoms with Gasteiger partial charge in [-0.15, -0.1) is 5.10 Å². The molecule has 0 aliphatic carbocycles. The third-order valence-corrected chi connectivity index (χ3v) is 6.66. The summed E-state index contributed by atoms with van der Waals surface area (Å²) in [6.45, 7) is 4.36. The molecule has 1 aliphatic heterocycles. The van der Waals surface area contributed by atoms with E-state index in [1.54, 1.807) is 18.2 Å². The van der Waals surface area contributed by atoms with Crippen LogP contribution in [-0.4, -0.2) is 47.0 Å². The first-order valence-corrected chi connectivity index (χ1v) is 11.5. The van der Waals surface area contributed by atoms with Gasteiger partial charge in [0.05, 0.1) is 17.7 Å². The van der Waals surface area contributed by atoms with Crippen LogP contribution in [0.4, 0.5) is 5.69 Å². The maximum atomic E-state index is 12.6. The molecule has 0 saturated carbocycles. The van der Waals surface area contributed by atoms with E-state index < -0.39 is 10.0 Å². The van der Waals surface area contributed by atoms with Crippen molar-refractivity contribution in [3.05, 3.63) is 39.8 Å². The molecule has 1 aliphatic rings. The monoisotopic (exact) mass is 410 g/mol. The van der Waals surface area contributed by atoms with Gasteiger partial charge in [0, 0.05) is 18.2 Å². The van der Waals surface area contributed by atoms with Gasteiger partial charge in [-0.1, -0.05) is 18.7 Å². The molecule has 1 aromatic carbocycles. The molecule has 146 valence electrons. The van der Waals surface area contributed by atoms with E-state index in [1.807, 2.05) is 13.8 Å².